The fraction of sp³-hybridized carbons (Fsp3) is 0.417. The molecule has 0 saturated heterocycles. The third-order valence-electron chi connectivity index (χ3n) is 2.35. The maximum atomic E-state index is 8.81. The van der Waals surface area contributed by atoms with Crippen LogP contribution in [0.15, 0.2) is 30.3 Å². The van der Waals surface area contributed by atoms with Gasteiger partial charge in [0.05, 0.1) is 6.07 Å². The minimum Gasteiger partial charge on any atom is -0.314 e. The molecule has 14 heavy (non-hydrogen) atoms. The van der Waals surface area contributed by atoms with E-state index in [0.717, 1.165) is 0 Å². The molecule has 2 atom stereocenters. The highest BCUT2D eigenvalue weighted by Crippen LogP contribution is 2.23. The summed E-state index contributed by atoms with van der Waals surface area (Å²) in [5.41, 5.74) is 6.30. The molecule has 0 aliphatic rings. The van der Waals surface area contributed by atoms with Crippen molar-refractivity contribution in [3.05, 3.63) is 35.9 Å². The molecule has 0 heterocycles. The summed E-state index contributed by atoms with van der Waals surface area (Å²) in [5, 5.41) is 8.81. The molecule has 0 bridgehead atoms. The van der Waals surface area contributed by atoms with Crippen LogP contribution in [0, 0.1) is 11.3 Å². The Balaban J connectivity index is 2.70. The third kappa shape index (κ3) is 2.86. The lowest BCUT2D eigenvalue weighted by Gasteiger charge is -2.20. The van der Waals surface area contributed by atoms with Gasteiger partial charge in [0.1, 0.15) is 5.54 Å². The van der Waals surface area contributed by atoms with Gasteiger partial charge in [0.25, 0.3) is 0 Å². The summed E-state index contributed by atoms with van der Waals surface area (Å²) >= 11 is 0. The summed E-state index contributed by atoms with van der Waals surface area (Å²) in [5.74, 6) is 0.325. The molecule has 0 amide bonds. The smallest absolute Gasteiger partial charge is 0.102 e. The molecule has 2 N–H and O–H groups in total. The van der Waals surface area contributed by atoms with Crippen molar-refractivity contribution in [1.29, 1.82) is 5.26 Å². The lowest BCUT2D eigenvalue weighted by Crippen LogP contribution is -2.35. The molecule has 2 nitrogen and oxygen atoms in total. The molecule has 0 fully saturated rings. The van der Waals surface area contributed by atoms with Gasteiger partial charge in [-0.05, 0) is 24.8 Å². The highest BCUT2D eigenvalue weighted by molar-refractivity contribution is 5.20. The summed E-state index contributed by atoms with van der Waals surface area (Å²) < 4.78 is 0. The molecule has 0 radical (unpaired) electrons. The van der Waals surface area contributed by atoms with Gasteiger partial charge >= 0.3 is 0 Å². The number of hydrogen-bond donors (Lipinski definition) is 1. The van der Waals surface area contributed by atoms with Crippen LogP contribution in [0.3, 0.4) is 0 Å². The third-order valence-corrected chi connectivity index (χ3v) is 2.35. The first-order valence-corrected chi connectivity index (χ1v) is 4.80. The van der Waals surface area contributed by atoms with Gasteiger partial charge in [-0.2, -0.15) is 5.26 Å². The Bertz CT molecular complexity index is 322. The molecular weight excluding hydrogens is 172 g/mol. The predicted octanol–water partition coefficient (Wildman–Crippen LogP) is 2.42. The Kier molecular flexibility index (Phi) is 3.27. The number of rotatable bonds is 3. The van der Waals surface area contributed by atoms with Crippen LogP contribution in [0.2, 0.25) is 0 Å². The Morgan fingerprint density at radius 3 is 2.50 bits per heavy atom. The molecule has 0 unspecified atom stereocenters. The molecule has 0 saturated carbocycles. The summed E-state index contributed by atoms with van der Waals surface area (Å²) in [7, 11) is 0. The zero-order chi connectivity index (χ0) is 10.6. The van der Waals surface area contributed by atoms with Gasteiger partial charge in [-0.3, -0.25) is 0 Å². The molecule has 74 valence electrons. The van der Waals surface area contributed by atoms with Crippen LogP contribution in [0.1, 0.15) is 31.7 Å². The van der Waals surface area contributed by atoms with E-state index in [-0.39, 0.29) is 0 Å². The topological polar surface area (TPSA) is 49.8 Å². The molecule has 1 aromatic carbocycles. The molecule has 0 aliphatic carbocycles. The van der Waals surface area contributed by atoms with Crippen molar-refractivity contribution in [2.24, 2.45) is 5.73 Å². The van der Waals surface area contributed by atoms with E-state index in [0.29, 0.717) is 12.3 Å². The highest BCUT2D eigenvalue weighted by atomic mass is 14.7. The fourth-order valence-electron chi connectivity index (χ4n) is 1.58. The fourth-order valence-corrected chi connectivity index (χ4v) is 1.58. The Morgan fingerprint density at radius 1 is 1.43 bits per heavy atom. The molecule has 0 spiro atoms. The van der Waals surface area contributed by atoms with Crippen LogP contribution in [-0.4, -0.2) is 5.54 Å². The largest absolute Gasteiger partial charge is 0.314 e. The van der Waals surface area contributed by atoms with Crippen LogP contribution in [0.4, 0.5) is 0 Å². The van der Waals surface area contributed by atoms with Crippen LogP contribution < -0.4 is 5.73 Å². The van der Waals surface area contributed by atoms with Crippen molar-refractivity contribution in [2.75, 3.05) is 0 Å². The van der Waals surface area contributed by atoms with Gasteiger partial charge in [0.2, 0.25) is 0 Å². The number of nitrogens with two attached hydrogens (primary N) is 1. The van der Waals surface area contributed by atoms with Gasteiger partial charge in [-0.1, -0.05) is 37.3 Å². The first kappa shape index (κ1) is 10.7. The van der Waals surface area contributed by atoms with Gasteiger partial charge in [-0.25, -0.2) is 0 Å². The summed E-state index contributed by atoms with van der Waals surface area (Å²) in [4.78, 5) is 0. The first-order chi connectivity index (χ1) is 6.55. The number of benzene rings is 1. The van der Waals surface area contributed by atoms with Crippen molar-refractivity contribution in [2.45, 2.75) is 31.7 Å². The van der Waals surface area contributed by atoms with E-state index >= 15 is 0 Å². The average molecular weight is 188 g/mol. The Labute approximate surface area is 85.4 Å². The molecule has 1 aromatic rings. The van der Waals surface area contributed by atoms with Crippen molar-refractivity contribution >= 4 is 0 Å². The average Bonchev–Trinajstić information content (AvgIpc) is 2.19. The van der Waals surface area contributed by atoms with Crippen LogP contribution >= 0.6 is 0 Å². The van der Waals surface area contributed by atoms with Crippen LogP contribution in [0.25, 0.3) is 0 Å². The second kappa shape index (κ2) is 4.26. The summed E-state index contributed by atoms with van der Waals surface area (Å²) in [6.07, 6.45) is 0.688. The van der Waals surface area contributed by atoms with E-state index in [1.54, 1.807) is 6.92 Å². The molecule has 0 aromatic heterocycles. The zero-order valence-corrected chi connectivity index (χ0v) is 8.70. The van der Waals surface area contributed by atoms with Crippen molar-refractivity contribution in [3.8, 4) is 6.07 Å². The minimum absolute atomic E-state index is 0.325. The van der Waals surface area contributed by atoms with E-state index < -0.39 is 5.54 Å². The molecule has 1 rings (SSSR count). The quantitative estimate of drug-likeness (QED) is 0.792. The van der Waals surface area contributed by atoms with E-state index in [4.69, 9.17) is 11.0 Å². The zero-order valence-electron chi connectivity index (χ0n) is 8.70. The number of hydrogen-bond acceptors (Lipinski definition) is 2. The minimum atomic E-state index is -0.727. The standard InChI is InChI=1S/C12H16N2/c1-10(8-12(2,14)9-13)11-6-4-3-5-7-11/h3-7,10H,8,14H2,1-2H3/t10-,12+/m1/s1. The monoisotopic (exact) mass is 188 g/mol. The van der Waals surface area contributed by atoms with Gasteiger partial charge in [0.15, 0.2) is 0 Å². The van der Waals surface area contributed by atoms with Crippen molar-refractivity contribution in [1.82, 2.24) is 0 Å². The lowest BCUT2D eigenvalue weighted by molar-refractivity contribution is 0.495. The normalized spacial score (nSPS) is 16.7. The van der Waals surface area contributed by atoms with Gasteiger partial charge in [-0.15, -0.1) is 0 Å². The summed E-state index contributed by atoms with van der Waals surface area (Å²) in [6, 6.07) is 12.3. The molecule has 0 aliphatic heterocycles. The second-order valence-electron chi connectivity index (χ2n) is 4.05. The maximum absolute atomic E-state index is 8.81. The van der Waals surface area contributed by atoms with Crippen LogP contribution in [-0.2, 0) is 0 Å². The number of nitriles is 1. The van der Waals surface area contributed by atoms with Crippen molar-refractivity contribution in [3.63, 3.8) is 0 Å². The lowest BCUT2D eigenvalue weighted by atomic mass is 9.87. The number of nitrogens with zero attached hydrogens (tertiary/aromatic N) is 1. The molecule has 2 heteroatoms. The predicted molar refractivity (Wildman–Crippen MR) is 57.7 cm³/mol. The van der Waals surface area contributed by atoms with E-state index in [9.17, 15) is 0 Å². The Hall–Kier alpha value is -1.33. The van der Waals surface area contributed by atoms with E-state index in [1.165, 1.54) is 5.56 Å². The maximum Gasteiger partial charge on any atom is 0.102 e. The van der Waals surface area contributed by atoms with Gasteiger partial charge in [0, 0.05) is 0 Å². The summed E-state index contributed by atoms with van der Waals surface area (Å²) in [6.45, 7) is 3.87. The second-order valence-corrected chi connectivity index (χ2v) is 4.05. The van der Waals surface area contributed by atoms with Crippen LogP contribution in [0.5, 0.6) is 0 Å². The highest BCUT2D eigenvalue weighted by Gasteiger charge is 2.21. The van der Waals surface area contributed by atoms with Gasteiger partial charge < -0.3 is 5.73 Å². The van der Waals surface area contributed by atoms with E-state index in [2.05, 4.69) is 25.1 Å². The Morgan fingerprint density at radius 2 is 2.00 bits per heavy atom. The van der Waals surface area contributed by atoms with Crippen molar-refractivity contribution < 1.29 is 0 Å². The molecular formula is C12H16N2. The first-order valence-electron chi connectivity index (χ1n) is 4.80. The van der Waals surface area contributed by atoms with E-state index in [1.807, 2.05) is 18.2 Å². The SMILES string of the molecule is C[C@H](C[C@](C)(N)C#N)c1ccccc1.